The Hall–Kier alpha value is -2.99. The first kappa shape index (κ1) is 31.5. The van der Waals surface area contributed by atoms with Crippen LogP contribution in [0, 0.1) is 6.92 Å². The van der Waals surface area contributed by atoms with Crippen molar-refractivity contribution in [3.63, 3.8) is 0 Å². The average molecular weight is 573 g/mol. The maximum absolute atomic E-state index is 13.2. The van der Waals surface area contributed by atoms with Crippen molar-refractivity contribution in [2.45, 2.75) is 32.6 Å². The molecule has 0 aliphatic heterocycles. The Labute approximate surface area is 256 Å². The maximum atomic E-state index is 13.2. The van der Waals surface area contributed by atoms with Crippen LogP contribution in [0.1, 0.15) is 35.1 Å². The van der Waals surface area contributed by atoms with E-state index in [0.29, 0.717) is 40.0 Å². The van der Waals surface area contributed by atoms with Gasteiger partial charge in [-0.05, 0) is 77.9 Å². The van der Waals surface area contributed by atoms with Crippen LogP contribution in [0.15, 0.2) is 77.3 Å². The largest absolute Gasteiger partial charge is 1.00 e. The molecule has 7 nitrogen and oxygen atoms in total. The minimum atomic E-state index is -1.05. The minimum Gasteiger partial charge on any atom is -1.00 e. The number of benzene rings is 3. The van der Waals surface area contributed by atoms with Crippen molar-refractivity contribution in [3.05, 3.63) is 100 Å². The first-order valence-electron chi connectivity index (χ1n) is 12.4. The number of aromatic nitrogens is 1. The summed E-state index contributed by atoms with van der Waals surface area (Å²) in [6, 6.07) is 19.5. The van der Waals surface area contributed by atoms with Crippen molar-refractivity contribution < 1.29 is 44.1 Å². The van der Waals surface area contributed by atoms with Crippen molar-refractivity contribution in [2.24, 2.45) is 0 Å². The fourth-order valence-electron chi connectivity index (χ4n) is 4.10. The third-order valence-corrected chi connectivity index (χ3v) is 7.00. The van der Waals surface area contributed by atoms with Gasteiger partial charge in [-0.3, -0.25) is 4.79 Å². The van der Waals surface area contributed by atoms with Gasteiger partial charge in [0.2, 0.25) is 5.89 Å². The summed E-state index contributed by atoms with van der Waals surface area (Å²) in [6.45, 7) is 2.46. The molecule has 1 atom stereocenters. The molecule has 0 fully saturated rings. The van der Waals surface area contributed by atoms with Gasteiger partial charge in [-0.2, -0.15) is 11.8 Å². The Kier molecular flexibility index (Phi) is 11.9. The molecule has 1 unspecified atom stereocenters. The van der Waals surface area contributed by atoms with Crippen LogP contribution in [0.5, 0.6) is 0 Å². The number of carbonyl (C=O) groups excluding carboxylic acids is 1. The molecular formula is C30H30ClLiN2O5S. The van der Waals surface area contributed by atoms with E-state index in [-0.39, 0.29) is 33.5 Å². The van der Waals surface area contributed by atoms with Crippen LogP contribution in [0.3, 0.4) is 0 Å². The summed E-state index contributed by atoms with van der Waals surface area (Å²) < 4.78 is 11.7. The molecule has 4 aromatic rings. The van der Waals surface area contributed by atoms with E-state index in [1.807, 2.05) is 61.7 Å². The quantitative estimate of drug-likeness (QED) is 0.249. The zero-order chi connectivity index (χ0) is 27.8. The second-order valence-corrected chi connectivity index (χ2v) is 10.4. The van der Waals surface area contributed by atoms with Gasteiger partial charge in [0.1, 0.15) is 12.6 Å². The number of carbonyl (C=O) groups is 2. The summed E-state index contributed by atoms with van der Waals surface area (Å²) in [5.41, 5.74) is 4.65. The maximum Gasteiger partial charge on any atom is 1.00 e. The summed E-state index contributed by atoms with van der Waals surface area (Å²) in [7, 11) is 0. The van der Waals surface area contributed by atoms with Crippen molar-refractivity contribution in [2.75, 3.05) is 12.0 Å². The number of amides is 1. The van der Waals surface area contributed by atoms with E-state index in [0.717, 1.165) is 22.3 Å². The number of hydrogen-bond acceptors (Lipinski definition) is 6. The number of thioether (sulfide) groups is 1. The van der Waals surface area contributed by atoms with Crippen LogP contribution in [-0.2, 0) is 22.7 Å². The number of hydrogen-bond donors (Lipinski definition) is 2. The molecule has 204 valence electrons. The van der Waals surface area contributed by atoms with Crippen LogP contribution < -0.4 is 24.2 Å². The summed E-state index contributed by atoms with van der Waals surface area (Å²) in [6.07, 6.45) is 3.87. The van der Waals surface area contributed by atoms with Gasteiger partial charge in [0, 0.05) is 16.1 Å². The monoisotopic (exact) mass is 572 g/mol. The van der Waals surface area contributed by atoms with Crippen molar-refractivity contribution >= 4 is 35.2 Å². The predicted octanol–water partition coefficient (Wildman–Crippen LogP) is 3.74. The van der Waals surface area contributed by atoms with E-state index in [4.69, 9.17) is 20.8 Å². The van der Waals surface area contributed by atoms with Crippen LogP contribution in [-0.4, -0.2) is 40.0 Å². The number of nitrogens with one attached hydrogen (secondary N) is 1. The summed E-state index contributed by atoms with van der Waals surface area (Å²) in [4.78, 5) is 29.3. The zero-order valence-electron chi connectivity index (χ0n) is 23.6. The van der Waals surface area contributed by atoms with Crippen LogP contribution >= 0.6 is 23.4 Å². The second kappa shape index (κ2) is 15.1. The average Bonchev–Trinajstić information content (AvgIpc) is 3.40. The number of carboxylic acid groups (broad SMARTS) is 1. The number of nitrogens with zero attached hydrogens (tertiary/aromatic N) is 1. The Morgan fingerprint density at radius 3 is 2.62 bits per heavy atom. The molecule has 2 N–H and O–H groups in total. The fourth-order valence-corrected chi connectivity index (χ4v) is 4.77. The van der Waals surface area contributed by atoms with E-state index >= 15 is 0 Å². The zero-order valence-corrected chi connectivity index (χ0v) is 24.2. The van der Waals surface area contributed by atoms with Crippen LogP contribution in [0.4, 0.5) is 0 Å². The molecule has 1 aromatic heterocycles. The van der Waals surface area contributed by atoms with Crippen LogP contribution in [0.2, 0.25) is 5.02 Å². The fraction of sp³-hybridized carbons (Fsp3) is 0.233. The molecule has 0 aliphatic carbocycles. The molecule has 1 heterocycles. The van der Waals surface area contributed by atoms with Gasteiger partial charge in [-0.25, -0.2) is 9.78 Å². The number of halogens is 1. The van der Waals surface area contributed by atoms with Gasteiger partial charge in [0.25, 0.3) is 5.91 Å². The topological polar surface area (TPSA) is 102 Å². The molecule has 0 saturated heterocycles. The third-order valence-electron chi connectivity index (χ3n) is 6.12. The Balaban J connectivity index is 0.00000294. The summed E-state index contributed by atoms with van der Waals surface area (Å²) >= 11 is 7.60. The minimum absolute atomic E-state index is 0. The first-order valence-corrected chi connectivity index (χ1v) is 14.1. The summed E-state index contributed by atoms with van der Waals surface area (Å²) in [5.74, 6) is 0.190. The number of oxazole rings is 1. The Bertz CT molecular complexity index is 1470. The van der Waals surface area contributed by atoms with Gasteiger partial charge in [-0.15, -0.1) is 0 Å². The van der Waals surface area contributed by atoms with Gasteiger partial charge in [0.05, 0.1) is 12.8 Å². The van der Waals surface area contributed by atoms with E-state index in [1.54, 1.807) is 24.4 Å². The molecular weight excluding hydrogens is 543 g/mol. The first-order chi connectivity index (χ1) is 18.9. The number of aryl methyl sites for hydroxylation is 1. The molecule has 10 heteroatoms. The van der Waals surface area contributed by atoms with E-state index in [1.165, 1.54) is 11.8 Å². The van der Waals surface area contributed by atoms with Gasteiger partial charge in [0.15, 0.2) is 5.76 Å². The van der Waals surface area contributed by atoms with Crippen molar-refractivity contribution in [1.82, 2.24) is 10.3 Å². The number of rotatable bonds is 12. The molecule has 4 rings (SSSR count). The third kappa shape index (κ3) is 8.26. The van der Waals surface area contributed by atoms with E-state index < -0.39 is 17.9 Å². The van der Waals surface area contributed by atoms with E-state index in [9.17, 15) is 14.7 Å². The van der Waals surface area contributed by atoms with Gasteiger partial charge >= 0.3 is 24.8 Å². The molecule has 0 spiro atoms. The van der Waals surface area contributed by atoms with Gasteiger partial charge in [-0.1, -0.05) is 48.0 Å². The number of ether oxygens (including phenoxy) is 1. The van der Waals surface area contributed by atoms with Crippen molar-refractivity contribution in [3.8, 4) is 22.6 Å². The standard InChI is InChI=1S/C30H29ClN2O5S.Li.H/c1-19-6-3-4-9-24(19)26-14-20(10-11-25(26)28(34)33-27(30(35)36)12-13-39-2)17-37-18-23-16-32-29(38-23)21-7-5-8-22(31)15-21;;/h3-11,14-16,27H,12-13,17-18H2,1-2H3,(H,33,34)(H,35,36);;/q;+1;-1. The predicted molar refractivity (Wildman–Crippen MR) is 155 cm³/mol. The molecule has 3 aromatic carbocycles. The normalized spacial score (nSPS) is 11.5. The number of aliphatic carboxylic acids is 1. The molecule has 0 saturated carbocycles. The van der Waals surface area contributed by atoms with Crippen molar-refractivity contribution in [1.29, 1.82) is 0 Å². The second-order valence-electron chi connectivity index (χ2n) is 8.98. The molecule has 0 radical (unpaired) electrons. The molecule has 1 amide bonds. The SMILES string of the molecule is CSCCC(NC(=O)c1ccc(COCc2cnc(-c3cccc(Cl)c3)o2)cc1-c1ccccc1C)C(=O)O.[H-].[Li+]. The van der Waals surface area contributed by atoms with E-state index in [2.05, 4.69) is 10.3 Å². The molecule has 0 bridgehead atoms. The van der Waals surface area contributed by atoms with Gasteiger partial charge < -0.3 is 21.0 Å². The molecule has 40 heavy (non-hydrogen) atoms. The molecule has 0 aliphatic rings. The smallest absolute Gasteiger partial charge is 1.00 e. The summed E-state index contributed by atoms with van der Waals surface area (Å²) in [5, 5.41) is 12.9. The Morgan fingerprint density at radius 2 is 1.90 bits per heavy atom. The van der Waals surface area contributed by atoms with Crippen LogP contribution in [0.25, 0.3) is 22.6 Å². The Morgan fingerprint density at radius 1 is 1.10 bits per heavy atom. The number of carboxylic acids is 1.